The molecule has 0 aliphatic rings. The standard InChI is InChI=1S/C12H15NOS/c1-8(13-2)5-9-7-15-12-6-10(14)3-4-11(9)12/h3-4,6-8,13-14H,5H2,1-2H3. The van der Waals surface area contributed by atoms with Crippen molar-refractivity contribution in [3.8, 4) is 5.75 Å². The Morgan fingerprint density at radius 1 is 1.47 bits per heavy atom. The molecular weight excluding hydrogens is 206 g/mol. The van der Waals surface area contributed by atoms with E-state index in [1.165, 1.54) is 10.9 Å². The molecule has 2 aromatic rings. The molecule has 1 unspecified atom stereocenters. The summed E-state index contributed by atoms with van der Waals surface area (Å²) in [6.07, 6.45) is 1.03. The third-order valence-electron chi connectivity index (χ3n) is 2.66. The van der Waals surface area contributed by atoms with Crippen LogP contribution in [0.25, 0.3) is 10.1 Å². The molecule has 0 amide bonds. The molecule has 0 spiro atoms. The summed E-state index contributed by atoms with van der Waals surface area (Å²) in [7, 11) is 1.98. The molecule has 0 aliphatic heterocycles. The van der Waals surface area contributed by atoms with Crippen LogP contribution in [0, 0.1) is 0 Å². The van der Waals surface area contributed by atoms with Crippen LogP contribution >= 0.6 is 11.3 Å². The fourth-order valence-electron chi connectivity index (χ4n) is 1.66. The molecule has 1 aromatic carbocycles. The predicted molar refractivity (Wildman–Crippen MR) is 65.7 cm³/mol. The molecule has 2 N–H and O–H groups in total. The first-order valence-corrected chi connectivity index (χ1v) is 5.95. The molecule has 2 nitrogen and oxygen atoms in total. The van der Waals surface area contributed by atoms with E-state index in [2.05, 4.69) is 17.6 Å². The first-order chi connectivity index (χ1) is 7.20. The molecule has 0 saturated carbocycles. The molecule has 2 rings (SSSR count). The molecule has 3 heteroatoms. The Bertz CT molecular complexity index is 464. The van der Waals surface area contributed by atoms with E-state index in [4.69, 9.17) is 0 Å². The number of hydrogen-bond acceptors (Lipinski definition) is 3. The summed E-state index contributed by atoms with van der Waals surface area (Å²) in [4.78, 5) is 0. The van der Waals surface area contributed by atoms with Crippen LogP contribution in [0.5, 0.6) is 5.75 Å². The highest BCUT2D eigenvalue weighted by atomic mass is 32.1. The van der Waals surface area contributed by atoms with E-state index in [0.29, 0.717) is 11.8 Å². The zero-order valence-corrected chi connectivity index (χ0v) is 9.77. The lowest BCUT2D eigenvalue weighted by Crippen LogP contribution is -2.23. The summed E-state index contributed by atoms with van der Waals surface area (Å²) in [5, 5.41) is 16.0. The number of phenols is 1. The molecule has 0 radical (unpaired) electrons. The number of rotatable bonds is 3. The molecule has 0 fully saturated rings. The molecule has 0 bridgehead atoms. The Balaban J connectivity index is 2.36. The lowest BCUT2D eigenvalue weighted by molar-refractivity contribution is 0.476. The van der Waals surface area contributed by atoms with E-state index < -0.39 is 0 Å². The highest BCUT2D eigenvalue weighted by Crippen LogP contribution is 2.29. The first kappa shape index (κ1) is 10.5. The number of aromatic hydroxyl groups is 1. The Morgan fingerprint density at radius 2 is 2.27 bits per heavy atom. The van der Waals surface area contributed by atoms with Gasteiger partial charge in [0, 0.05) is 10.7 Å². The van der Waals surface area contributed by atoms with Crippen molar-refractivity contribution in [1.82, 2.24) is 5.32 Å². The summed E-state index contributed by atoms with van der Waals surface area (Å²) in [5.41, 5.74) is 1.36. The molecule has 15 heavy (non-hydrogen) atoms. The Kier molecular flexibility index (Phi) is 2.93. The van der Waals surface area contributed by atoms with Crippen LogP contribution in [0.1, 0.15) is 12.5 Å². The largest absolute Gasteiger partial charge is 0.508 e. The van der Waals surface area contributed by atoms with Crippen LogP contribution in [-0.4, -0.2) is 18.2 Å². The van der Waals surface area contributed by atoms with Crippen LogP contribution in [0.4, 0.5) is 0 Å². The van der Waals surface area contributed by atoms with Gasteiger partial charge in [0.15, 0.2) is 0 Å². The highest BCUT2D eigenvalue weighted by Gasteiger charge is 2.07. The van der Waals surface area contributed by atoms with Gasteiger partial charge in [-0.3, -0.25) is 0 Å². The Morgan fingerprint density at radius 3 is 3.00 bits per heavy atom. The number of benzene rings is 1. The molecule has 0 saturated heterocycles. The lowest BCUT2D eigenvalue weighted by atomic mass is 10.1. The van der Waals surface area contributed by atoms with E-state index in [1.807, 2.05) is 19.2 Å². The molecule has 0 aliphatic carbocycles. The smallest absolute Gasteiger partial charge is 0.117 e. The van der Waals surface area contributed by atoms with Crippen LogP contribution in [0.2, 0.25) is 0 Å². The van der Waals surface area contributed by atoms with Crippen molar-refractivity contribution in [3.63, 3.8) is 0 Å². The number of thiophene rings is 1. The fourth-order valence-corrected chi connectivity index (χ4v) is 2.67. The molecular formula is C12H15NOS. The molecule has 1 heterocycles. The number of nitrogens with one attached hydrogen (secondary N) is 1. The van der Waals surface area contributed by atoms with Gasteiger partial charge in [-0.15, -0.1) is 11.3 Å². The monoisotopic (exact) mass is 221 g/mol. The average molecular weight is 221 g/mol. The second-order valence-corrected chi connectivity index (χ2v) is 4.75. The predicted octanol–water partition coefficient (Wildman–Crippen LogP) is 2.76. The number of hydrogen-bond donors (Lipinski definition) is 2. The van der Waals surface area contributed by atoms with Gasteiger partial charge < -0.3 is 10.4 Å². The lowest BCUT2D eigenvalue weighted by Gasteiger charge is -2.08. The molecule has 1 aromatic heterocycles. The van der Waals surface area contributed by atoms with E-state index in [9.17, 15) is 5.11 Å². The van der Waals surface area contributed by atoms with Gasteiger partial charge in [0.1, 0.15) is 5.75 Å². The minimum atomic E-state index is 0.345. The Hall–Kier alpha value is -1.06. The van der Waals surface area contributed by atoms with Gasteiger partial charge in [-0.2, -0.15) is 0 Å². The summed E-state index contributed by atoms with van der Waals surface area (Å²) < 4.78 is 1.16. The maximum absolute atomic E-state index is 9.36. The second-order valence-electron chi connectivity index (χ2n) is 3.84. The van der Waals surface area contributed by atoms with Gasteiger partial charge in [-0.05, 0) is 54.9 Å². The van der Waals surface area contributed by atoms with Crippen molar-refractivity contribution < 1.29 is 5.11 Å². The second kappa shape index (κ2) is 4.21. The highest BCUT2D eigenvalue weighted by molar-refractivity contribution is 7.17. The zero-order valence-electron chi connectivity index (χ0n) is 8.95. The van der Waals surface area contributed by atoms with Crippen molar-refractivity contribution in [2.45, 2.75) is 19.4 Å². The van der Waals surface area contributed by atoms with Crippen molar-refractivity contribution in [3.05, 3.63) is 29.1 Å². The van der Waals surface area contributed by atoms with Gasteiger partial charge in [-0.1, -0.05) is 0 Å². The van der Waals surface area contributed by atoms with Gasteiger partial charge >= 0.3 is 0 Å². The third-order valence-corrected chi connectivity index (χ3v) is 3.65. The van der Waals surface area contributed by atoms with Gasteiger partial charge in [0.05, 0.1) is 0 Å². The van der Waals surface area contributed by atoms with Crippen molar-refractivity contribution in [2.75, 3.05) is 7.05 Å². The Labute approximate surface area is 93.6 Å². The van der Waals surface area contributed by atoms with Gasteiger partial charge in [0.25, 0.3) is 0 Å². The van der Waals surface area contributed by atoms with Crippen molar-refractivity contribution in [1.29, 1.82) is 0 Å². The fraction of sp³-hybridized carbons (Fsp3) is 0.333. The number of phenolic OH excluding ortho intramolecular Hbond substituents is 1. The zero-order chi connectivity index (χ0) is 10.8. The summed E-state index contributed by atoms with van der Waals surface area (Å²) >= 11 is 1.69. The number of likely N-dealkylation sites (N-methyl/N-ethyl adjacent to an activating group) is 1. The average Bonchev–Trinajstić information content (AvgIpc) is 2.60. The normalized spacial score (nSPS) is 13.2. The summed E-state index contributed by atoms with van der Waals surface area (Å²) in [6, 6.07) is 6.06. The maximum Gasteiger partial charge on any atom is 0.117 e. The van der Waals surface area contributed by atoms with E-state index in [0.717, 1.165) is 11.1 Å². The van der Waals surface area contributed by atoms with E-state index in [-0.39, 0.29) is 0 Å². The van der Waals surface area contributed by atoms with Crippen molar-refractivity contribution >= 4 is 21.4 Å². The quantitative estimate of drug-likeness (QED) is 0.835. The van der Waals surface area contributed by atoms with Crippen LogP contribution in [0.15, 0.2) is 23.6 Å². The topological polar surface area (TPSA) is 32.3 Å². The number of fused-ring (bicyclic) bond motifs is 1. The van der Waals surface area contributed by atoms with Crippen LogP contribution in [-0.2, 0) is 6.42 Å². The van der Waals surface area contributed by atoms with Gasteiger partial charge in [0.2, 0.25) is 0 Å². The SMILES string of the molecule is CNC(C)Cc1csc2cc(O)ccc12. The summed E-state index contributed by atoms with van der Waals surface area (Å²) in [5.74, 6) is 0.345. The van der Waals surface area contributed by atoms with Crippen LogP contribution in [0.3, 0.4) is 0 Å². The first-order valence-electron chi connectivity index (χ1n) is 5.07. The summed E-state index contributed by atoms with van der Waals surface area (Å²) in [6.45, 7) is 2.17. The van der Waals surface area contributed by atoms with Crippen LogP contribution < -0.4 is 5.32 Å². The van der Waals surface area contributed by atoms with E-state index >= 15 is 0 Å². The van der Waals surface area contributed by atoms with Gasteiger partial charge in [-0.25, -0.2) is 0 Å². The minimum absolute atomic E-state index is 0.345. The van der Waals surface area contributed by atoms with E-state index in [1.54, 1.807) is 17.4 Å². The maximum atomic E-state index is 9.36. The molecule has 80 valence electrons. The minimum Gasteiger partial charge on any atom is -0.508 e. The molecule has 1 atom stereocenters. The third kappa shape index (κ3) is 2.13. The van der Waals surface area contributed by atoms with Crippen molar-refractivity contribution in [2.24, 2.45) is 0 Å².